The third kappa shape index (κ3) is 2.81. The molecule has 1 amide bonds. The molecule has 0 aliphatic carbocycles. The minimum atomic E-state index is 0.0574. The zero-order valence-corrected chi connectivity index (χ0v) is 11.1. The summed E-state index contributed by atoms with van der Waals surface area (Å²) in [6.07, 6.45) is 5.11. The van der Waals surface area contributed by atoms with Gasteiger partial charge in [-0.2, -0.15) is 0 Å². The van der Waals surface area contributed by atoms with Crippen LogP contribution in [0, 0.1) is 0 Å². The Balaban J connectivity index is 2.14. The van der Waals surface area contributed by atoms with Gasteiger partial charge in [0.25, 0.3) is 5.91 Å². The molecule has 4 nitrogen and oxygen atoms in total. The van der Waals surface area contributed by atoms with Crippen LogP contribution in [0.5, 0.6) is 0 Å². The highest BCUT2D eigenvalue weighted by molar-refractivity contribution is 5.93. The van der Waals surface area contributed by atoms with Gasteiger partial charge in [0, 0.05) is 31.0 Å². The van der Waals surface area contributed by atoms with Crippen LogP contribution in [0.15, 0.2) is 18.3 Å². The van der Waals surface area contributed by atoms with Crippen LogP contribution in [0.3, 0.4) is 0 Å². The van der Waals surface area contributed by atoms with Crippen LogP contribution in [0.25, 0.3) is 0 Å². The van der Waals surface area contributed by atoms with E-state index in [-0.39, 0.29) is 5.91 Å². The molecule has 0 saturated carbocycles. The molecule has 0 radical (unpaired) electrons. The quantitative estimate of drug-likeness (QED) is 0.892. The largest absolute Gasteiger partial charge is 0.385 e. The number of hydrogen-bond acceptors (Lipinski definition) is 3. The topological polar surface area (TPSA) is 45.2 Å². The molecule has 1 unspecified atom stereocenters. The Morgan fingerprint density at radius 3 is 3.11 bits per heavy atom. The average molecular weight is 247 g/mol. The highest BCUT2D eigenvalue weighted by atomic mass is 16.2. The van der Waals surface area contributed by atoms with Gasteiger partial charge in [-0.05, 0) is 45.2 Å². The summed E-state index contributed by atoms with van der Waals surface area (Å²) in [5.41, 5.74) is 1.50. The molecule has 0 spiro atoms. The van der Waals surface area contributed by atoms with Gasteiger partial charge in [-0.3, -0.25) is 9.78 Å². The van der Waals surface area contributed by atoms with Crippen molar-refractivity contribution in [1.29, 1.82) is 0 Å². The molecule has 1 aliphatic rings. The summed E-state index contributed by atoms with van der Waals surface area (Å²) < 4.78 is 0. The Kier molecular flexibility index (Phi) is 4.18. The predicted molar refractivity (Wildman–Crippen MR) is 72.8 cm³/mol. The fraction of sp³-hybridized carbons (Fsp3) is 0.571. The van der Waals surface area contributed by atoms with Gasteiger partial charge < -0.3 is 10.2 Å². The monoisotopic (exact) mass is 247 g/mol. The van der Waals surface area contributed by atoms with Crippen LogP contribution >= 0.6 is 0 Å². The minimum absolute atomic E-state index is 0.0574. The number of likely N-dealkylation sites (tertiary alicyclic amines) is 1. The van der Waals surface area contributed by atoms with Gasteiger partial charge in [-0.25, -0.2) is 0 Å². The molecule has 4 heteroatoms. The number of hydrogen-bond donors (Lipinski definition) is 1. The van der Waals surface area contributed by atoms with Crippen molar-refractivity contribution in [3.63, 3.8) is 0 Å². The van der Waals surface area contributed by atoms with Gasteiger partial charge >= 0.3 is 0 Å². The Hall–Kier alpha value is -1.58. The number of nitrogens with zero attached hydrogens (tertiary/aromatic N) is 2. The van der Waals surface area contributed by atoms with Crippen molar-refractivity contribution in [2.75, 3.05) is 18.4 Å². The maximum Gasteiger partial charge on any atom is 0.272 e. The number of aromatic nitrogens is 1. The lowest BCUT2D eigenvalue weighted by atomic mass is 10.0. The van der Waals surface area contributed by atoms with Crippen molar-refractivity contribution in [2.45, 2.75) is 39.2 Å². The first-order valence-electron chi connectivity index (χ1n) is 6.73. The number of anilines is 1. The smallest absolute Gasteiger partial charge is 0.272 e. The Bertz CT molecular complexity index is 419. The highest BCUT2D eigenvalue weighted by Gasteiger charge is 2.24. The first-order valence-corrected chi connectivity index (χ1v) is 6.73. The molecule has 1 atom stereocenters. The first-order chi connectivity index (χ1) is 8.72. The Morgan fingerprint density at radius 2 is 2.39 bits per heavy atom. The SMILES string of the molecule is CCNc1ccnc(C(=O)N2CCCCC2C)c1. The summed E-state index contributed by atoms with van der Waals surface area (Å²) in [5.74, 6) is 0.0574. The number of carbonyl (C=O) groups is 1. The van der Waals surface area contributed by atoms with Gasteiger partial charge in [-0.15, -0.1) is 0 Å². The molecule has 98 valence electrons. The first kappa shape index (κ1) is 12.9. The maximum atomic E-state index is 12.4. The third-order valence-electron chi connectivity index (χ3n) is 3.42. The molecule has 1 N–H and O–H groups in total. The molecular formula is C14H21N3O. The summed E-state index contributed by atoms with van der Waals surface area (Å²) >= 11 is 0. The zero-order valence-electron chi connectivity index (χ0n) is 11.1. The standard InChI is InChI=1S/C14H21N3O/c1-3-15-12-7-8-16-13(10-12)14(18)17-9-5-4-6-11(17)2/h7-8,10-11H,3-6,9H2,1-2H3,(H,15,16). The van der Waals surface area contributed by atoms with E-state index < -0.39 is 0 Å². The van der Waals surface area contributed by atoms with Crippen LogP contribution in [0.1, 0.15) is 43.6 Å². The van der Waals surface area contributed by atoms with Gasteiger partial charge in [-0.1, -0.05) is 0 Å². The van der Waals surface area contributed by atoms with Crippen molar-refractivity contribution in [2.24, 2.45) is 0 Å². The van der Waals surface area contributed by atoms with E-state index in [1.165, 1.54) is 6.42 Å². The number of carbonyl (C=O) groups excluding carboxylic acids is 1. The van der Waals surface area contributed by atoms with Gasteiger partial charge in [0.2, 0.25) is 0 Å². The third-order valence-corrected chi connectivity index (χ3v) is 3.42. The van der Waals surface area contributed by atoms with Crippen molar-refractivity contribution >= 4 is 11.6 Å². The van der Waals surface area contributed by atoms with E-state index in [1.54, 1.807) is 6.20 Å². The van der Waals surface area contributed by atoms with E-state index in [0.717, 1.165) is 31.6 Å². The summed E-state index contributed by atoms with van der Waals surface area (Å²) in [7, 11) is 0. The van der Waals surface area contributed by atoms with E-state index in [9.17, 15) is 4.79 Å². The molecule has 0 aromatic carbocycles. The summed E-state index contributed by atoms with van der Waals surface area (Å²) in [6.45, 7) is 5.85. The number of nitrogens with one attached hydrogen (secondary N) is 1. The van der Waals surface area contributed by atoms with Crippen molar-refractivity contribution in [3.05, 3.63) is 24.0 Å². The van der Waals surface area contributed by atoms with E-state index in [0.29, 0.717) is 11.7 Å². The molecule has 2 rings (SSSR count). The number of rotatable bonds is 3. The molecule has 0 bridgehead atoms. The lowest BCUT2D eigenvalue weighted by Crippen LogP contribution is -2.42. The lowest BCUT2D eigenvalue weighted by Gasteiger charge is -2.33. The molecule has 1 aromatic rings. The number of pyridine rings is 1. The zero-order chi connectivity index (χ0) is 13.0. The van der Waals surface area contributed by atoms with E-state index in [4.69, 9.17) is 0 Å². The Labute approximate surface area is 108 Å². The number of amides is 1. The summed E-state index contributed by atoms with van der Waals surface area (Å²) in [5, 5.41) is 3.21. The van der Waals surface area contributed by atoms with Gasteiger partial charge in [0.05, 0.1) is 0 Å². The van der Waals surface area contributed by atoms with Gasteiger partial charge in [0.15, 0.2) is 0 Å². The van der Waals surface area contributed by atoms with Crippen molar-refractivity contribution < 1.29 is 4.79 Å². The van der Waals surface area contributed by atoms with Crippen molar-refractivity contribution in [3.8, 4) is 0 Å². The highest BCUT2D eigenvalue weighted by Crippen LogP contribution is 2.19. The van der Waals surface area contributed by atoms with Crippen LogP contribution in [0.4, 0.5) is 5.69 Å². The van der Waals surface area contributed by atoms with E-state index in [1.807, 2.05) is 24.0 Å². The van der Waals surface area contributed by atoms with Crippen LogP contribution in [-0.2, 0) is 0 Å². The Morgan fingerprint density at radius 1 is 1.56 bits per heavy atom. The molecular weight excluding hydrogens is 226 g/mol. The predicted octanol–water partition coefficient (Wildman–Crippen LogP) is 2.53. The fourth-order valence-electron chi connectivity index (χ4n) is 2.41. The second-order valence-electron chi connectivity index (χ2n) is 4.80. The lowest BCUT2D eigenvalue weighted by molar-refractivity contribution is 0.0629. The normalized spacial score (nSPS) is 19.7. The second kappa shape index (κ2) is 5.85. The summed E-state index contributed by atoms with van der Waals surface area (Å²) in [6, 6.07) is 4.06. The molecule has 1 fully saturated rings. The van der Waals surface area contributed by atoms with Crippen molar-refractivity contribution in [1.82, 2.24) is 9.88 Å². The molecule has 1 aromatic heterocycles. The fourth-order valence-corrected chi connectivity index (χ4v) is 2.41. The second-order valence-corrected chi connectivity index (χ2v) is 4.80. The number of piperidine rings is 1. The average Bonchev–Trinajstić information content (AvgIpc) is 2.39. The molecule has 18 heavy (non-hydrogen) atoms. The molecule has 1 aliphatic heterocycles. The molecule has 2 heterocycles. The van der Waals surface area contributed by atoms with Gasteiger partial charge in [0.1, 0.15) is 5.69 Å². The van der Waals surface area contributed by atoms with E-state index in [2.05, 4.69) is 17.2 Å². The maximum absolute atomic E-state index is 12.4. The van der Waals surface area contributed by atoms with Crippen LogP contribution in [0.2, 0.25) is 0 Å². The van der Waals surface area contributed by atoms with Crippen LogP contribution in [-0.4, -0.2) is 34.9 Å². The van der Waals surface area contributed by atoms with Crippen LogP contribution < -0.4 is 5.32 Å². The minimum Gasteiger partial charge on any atom is -0.385 e. The van der Waals surface area contributed by atoms with E-state index >= 15 is 0 Å². The summed E-state index contributed by atoms with van der Waals surface area (Å²) in [4.78, 5) is 18.5. The molecule has 1 saturated heterocycles.